The molecule has 7 nitrogen and oxygen atoms in total. The third-order valence-corrected chi connectivity index (χ3v) is 5.63. The van der Waals surface area contributed by atoms with Crippen LogP contribution in [0.25, 0.3) is 0 Å². The molecule has 11 heteroatoms. The molecule has 2 aliphatic rings. The Balaban J connectivity index is 1.53. The number of halogens is 3. The molecule has 29 heavy (non-hydrogen) atoms. The van der Waals surface area contributed by atoms with Gasteiger partial charge >= 0.3 is 6.18 Å². The Bertz CT molecular complexity index is 790. The third kappa shape index (κ3) is 5.63. The van der Waals surface area contributed by atoms with Gasteiger partial charge in [0, 0.05) is 31.9 Å². The van der Waals surface area contributed by atoms with Crippen LogP contribution in [0.2, 0.25) is 0 Å². The first-order valence-corrected chi connectivity index (χ1v) is 10.1. The first kappa shape index (κ1) is 21.4. The van der Waals surface area contributed by atoms with Crippen molar-refractivity contribution >= 4 is 34.5 Å². The first-order valence-electron chi connectivity index (χ1n) is 9.14. The summed E-state index contributed by atoms with van der Waals surface area (Å²) in [5.41, 5.74) is -1.16. The topological polar surface area (TPSA) is 81.8 Å². The van der Waals surface area contributed by atoms with Crippen LogP contribution in [0.4, 0.5) is 23.7 Å². The second-order valence-electron chi connectivity index (χ2n) is 6.84. The highest BCUT2D eigenvalue weighted by Gasteiger charge is 2.34. The van der Waals surface area contributed by atoms with Crippen LogP contribution in [-0.2, 0) is 15.8 Å². The summed E-state index contributed by atoms with van der Waals surface area (Å²) in [6.07, 6.45) is -3.92. The minimum atomic E-state index is -4.55. The van der Waals surface area contributed by atoms with Crippen molar-refractivity contribution in [1.29, 1.82) is 0 Å². The van der Waals surface area contributed by atoms with Gasteiger partial charge in [-0.15, -0.1) is 0 Å². The maximum atomic E-state index is 13.1. The van der Waals surface area contributed by atoms with E-state index < -0.39 is 23.7 Å². The molecule has 1 aromatic carbocycles. The second kappa shape index (κ2) is 9.04. The lowest BCUT2D eigenvalue weighted by molar-refractivity contribution is -0.137. The lowest BCUT2D eigenvalue weighted by Crippen LogP contribution is -2.47. The summed E-state index contributed by atoms with van der Waals surface area (Å²) < 4.78 is 39.2. The fourth-order valence-electron chi connectivity index (χ4n) is 3.32. The molecule has 0 bridgehead atoms. The molecule has 3 rings (SSSR count). The zero-order valence-corrected chi connectivity index (χ0v) is 16.3. The molecule has 2 aliphatic heterocycles. The van der Waals surface area contributed by atoms with Crippen LogP contribution < -0.4 is 10.6 Å². The van der Waals surface area contributed by atoms with Gasteiger partial charge in [0.15, 0.2) is 0 Å². The molecule has 2 fully saturated rings. The second-order valence-corrected chi connectivity index (χ2v) is 7.83. The van der Waals surface area contributed by atoms with Crippen molar-refractivity contribution in [2.75, 3.05) is 43.8 Å². The number of amides is 3. The van der Waals surface area contributed by atoms with Gasteiger partial charge in [-0.3, -0.25) is 19.3 Å². The van der Waals surface area contributed by atoms with E-state index in [1.807, 2.05) is 0 Å². The largest absolute Gasteiger partial charge is 0.418 e. The van der Waals surface area contributed by atoms with Crippen molar-refractivity contribution in [3.63, 3.8) is 0 Å². The number of benzene rings is 1. The van der Waals surface area contributed by atoms with Crippen LogP contribution in [-0.4, -0.2) is 71.4 Å². The molecule has 1 atom stereocenters. The molecule has 0 aromatic heterocycles. The number of hydrogen-bond donors (Lipinski definition) is 2. The molecule has 158 valence electrons. The number of para-hydroxylation sites is 1. The van der Waals surface area contributed by atoms with Gasteiger partial charge in [0.05, 0.1) is 17.8 Å². The summed E-state index contributed by atoms with van der Waals surface area (Å²) in [7, 11) is 0. The SMILES string of the molecule is O=C(CN1CCCN(C(=O)C2CSC(=O)N2)CC1)Nc1ccccc1C(F)(F)F. The average molecular weight is 430 g/mol. The standard InChI is InChI=1S/C18H21F3N4O3S/c19-18(20,21)12-4-1-2-5-13(12)22-15(26)10-24-6-3-7-25(9-8-24)16(27)14-11-29-17(28)23-14/h1-2,4-5,14H,3,6-11H2,(H,22,26)(H,23,28). The minimum absolute atomic E-state index is 0.0652. The molecule has 2 saturated heterocycles. The number of nitrogens with zero attached hydrogens (tertiary/aromatic N) is 2. The smallest absolute Gasteiger partial charge is 0.340 e. The highest BCUT2D eigenvalue weighted by atomic mass is 32.2. The van der Waals surface area contributed by atoms with Crippen molar-refractivity contribution in [2.24, 2.45) is 0 Å². The molecule has 0 aliphatic carbocycles. The predicted molar refractivity (Wildman–Crippen MR) is 102 cm³/mol. The zero-order chi connectivity index (χ0) is 21.0. The van der Waals surface area contributed by atoms with Gasteiger partial charge in [0.25, 0.3) is 5.24 Å². The fourth-order valence-corrected chi connectivity index (χ4v) is 4.09. The molecule has 3 amide bonds. The van der Waals surface area contributed by atoms with Crippen LogP contribution in [0, 0.1) is 0 Å². The number of anilines is 1. The molecular weight excluding hydrogens is 409 g/mol. The summed E-state index contributed by atoms with van der Waals surface area (Å²) in [5, 5.41) is 4.75. The Labute approximate surface area is 170 Å². The van der Waals surface area contributed by atoms with Crippen LogP contribution in [0.3, 0.4) is 0 Å². The Hall–Kier alpha value is -2.27. The van der Waals surface area contributed by atoms with E-state index in [4.69, 9.17) is 0 Å². The number of alkyl halides is 3. The van der Waals surface area contributed by atoms with Crippen LogP contribution in [0.5, 0.6) is 0 Å². The van der Waals surface area contributed by atoms with Crippen molar-refractivity contribution in [3.05, 3.63) is 29.8 Å². The van der Waals surface area contributed by atoms with E-state index in [2.05, 4.69) is 10.6 Å². The van der Waals surface area contributed by atoms with Gasteiger partial charge in [-0.05, 0) is 18.6 Å². The molecule has 1 aromatic rings. The number of rotatable bonds is 4. The molecule has 1 unspecified atom stereocenters. The third-order valence-electron chi connectivity index (χ3n) is 4.75. The summed E-state index contributed by atoms with van der Waals surface area (Å²) in [6.45, 7) is 1.80. The molecule has 2 heterocycles. The highest BCUT2D eigenvalue weighted by Crippen LogP contribution is 2.34. The number of carbonyl (C=O) groups excluding carboxylic acids is 3. The van der Waals surface area contributed by atoms with Gasteiger partial charge in [0.1, 0.15) is 6.04 Å². The average Bonchev–Trinajstić information content (AvgIpc) is 2.96. The minimum Gasteiger partial charge on any atom is -0.340 e. The first-order chi connectivity index (χ1) is 13.7. The van der Waals surface area contributed by atoms with Gasteiger partial charge in [0.2, 0.25) is 11.8 Å². The molecule has 0 spiro atoms. The summed E-state index contributed by atoms with van der Waals surface area (Å²) in [6, 6.07) is 4.31. The lowest BCUT2D eigenvalue weighted by Gasteiger charge is -2.24. The molecule has 0 saturated carbocycles. The summed E-state index contributed by atoms with van der Waals surface area (Å²) in [5.74, 6) is -0.284. The Morgan fingerprint density at radius 2 is 1.93 bits per heavy atom. The Kier molecular flexibility index (Phi) is 6.68. The predicted octanol–water partition coefficient (Wildman–Crippen LogP) is 2.00. The van der Waals surface area contributed by atoms with Gasteiger partial charge < -0.3 is 15.5 Å². The van der Waals surface area contributed by atoms with E-state index in [1.54, 1.807) is 9.80 Å². The van der Waals surface area contributed by atoms with Crippen LogP contribution in [0.1, 0.15) is 12.0 Å². The van der Waals surface area contributed by atoms with E-state index in [9.17, 15) is 27.6 Å². The maximum absolute atomic E-state index is 13.1. The summed E-state index contributed by atoms with van der Waals surface area (Å²) >= 11 is 1.07. The van der Waals surface area contributed by atoms with Gasteiger partial charge in [-0.1, -0.05) is 23.9 Å². The Morgan fingerprint density at radius 3 is 2.62 bits per heavy atom. The molecule has 0 radical (unpaired) electrons. The number of hydrogen-bond acceptors (Lipinski definition) is 5. The Morgan fingerprint density at radius 1 is 1.17 bits per heavy atom. The summed E-state index contributed by atoms with van der Waals surface area (Å²) in [4.78, 5) is 39.5. The van der Waals surface area contributed by atoms with E-state index in [-0.39, 0.29) is 23.4 Å². The van der Waals surface area contributed by atoms with E-state index in [0.29, 0.717) is 38.4 Å². The van der Waals surface area contributed by atoms with Crippen LogP contribution >= 0.6 is 11.8 Å². The van der Waals surface area contributed by atoms with Crippen molar-refractivity contribution in [2.45, 2.75) is 18.6 Å². The number of carbonyl (C=O) groups is 3. The van der Waals surface area contributed by atoms with Crippen LogP contribution in [0.15, 0.2) is 24.3 Å². The van der Waals surface area contributed by atoms with E-state index in [1.165, 1.54) is 18.2 Å². The van der Waals surface area contributed by atoms with E-state index >= 15 is 0 Å². The van der Waals surface area contributed by atoms with Crippen molar-refractivity contribution in [1.82, 2.24) is 15.1 Å². The quantitative estimate of drug-likeness (QED) is 0.764. The maximum Gasteiger partial charge on any atom is 0.418 e. The van der Waals surface area contributed by atoms with Crippen molar-refractivity contribution < 1.29 is 27.6 Å². The van der Waals surface area contributed by atoms with Gasteiger partial charge in [-0.25, -0.2) is 0 Å². The molecular formula is C18H21F3N4O3S. The van der Waals surface area contributed by atoms with Crippen molar-refractivity contribution in [3.8, 4) is 0 Å². The normalized spacial score (nSPS) is 20.9. The zero-order valence-electron chi connectivity index (χ0n) is 15.5. The monoisotopic (exact) mass is 430 g/mol. The van der Waals surface area contributed by atoms with Gasteiger partial charge in [-0.2, -0.15) is 13.2 Å². The lowest BCUT2D eigenvalue weighted by atomic mass is 10.1. The highest BCUT2D eigenvalue weighted by molar-refractivity contribution is 8.14. The number of nitrogens with one attached hydrogen (secondary N) is 2. The molecule has 2 N–H and O–H groups in total. The number of thioether (sulfide) groups is 1. The fraction of sp³-hybridized carbons (Fsp3) is 0.500. The van der Waals surface area contributed by atoms with E-state index in [0.717, 1.165) is 17.8 Å².